The number of benzene rings is 2. The van der Waals surface area contributed by atoms with Crippen LogP contribution in [-0.2, 0) is 21.1 Å². The molecule has 4 nitrogen and oxygen atoms in total. The van der Waals surface area contributed by atoms with Gasteiger partial charge < -0.3 is 9.53 Å². The fourth-order valence-electron chi connectivity index (χ4n) is 2.59. The maximum atomic E-state index is 12.2. The molecule has 2 aromatic carbocycles. The number of hydrogen-bond donors (Lipinski definition) is 0. The van der Waals surface area contributed by atoms with Gasteiger partial charge in [0.25, 0.3) is 0 Å². The van der Waals surface area contributed by atoms with Gasteiger partial charge in [0.15, 0.2) is 9.84 Å². The van der Waals surface area contributed by atoms with E-state index in [0.717, 1.165) is 24.8 Å². The molecule has 0 aromatic heterocycles. The van der Waals surface area contributed by atoms with Crippen molar-refractivity contribution in [3.8, 4) is 11.5 Å². The van der Waals surface area contributed by atoms with Gasteiger partial charge in [-0.05, 0) is 74.1 Å². The summed E-state index contributed by atoms with van der Waals surface area (Å²) in [5.41, 5.74) is 1.09. The normalized spacial score (nSPS) is 14.3. The van der Waals surface area contributed by atoms with Crippen LogP contribution in [0.1, 0.15) is 31.7 Å². The fourth-order valence-corrected chi connectivity index (χ4v) is 4.28. The summed E-state index contributed by atoms with van der Waals surface area (Å²) in [6.45, 7) is 1.59. The maximum Gasteiger partial charge on any atom is 0.178 e. The number of rotatable bonds is 8. The van der Waals surface area contributed by atoms with E-state index < -0.39 is 9.84 Å². The Morgan fingerprint density at radius 3 is 2.08 bits per heavy atom. The summed E-state index contributed by atoms with van der Waals surface area (Å²) in [5.74, 6) is 2.04. The topological polar surface area (TPSA) is 60.4 Å². The summed E-state index contributed by atoms with van der Waals surface area (Å²) in [7, 11) is -3.19. The van der Waals surface area contributed by atoms with Crippen molar-refractivity contribution in [2.45, 2.75) is 37.5 Å². The van der Waals surface area contributed by atoms with Crippen LogP contribution in [0, 0.1) is 5.92 Å². The maximum absolute atomic E-state index is 12.2. The van der Waals surface area contributed by atoms with Gasteiger partial charge in [-0.2, -0.15) is 0 Å². The van der Waals surface area contributed by atoms with Crippen molar-refractivity contribution < 1.29 is 17.9 Å². The molecule has 0 N–H and O–H groups in total. The molecule has 1 aliphatic carbocycles. The number of aryl methyl sites for hydroxylation is 1. The number of Topliss-reactive ketones (excluding diaryl/α,β-unsaturated/α-hetero) is 1. The molecule has 132 valence electrons. The summed E-state index contributed by atoms with van der Waals surface area (Å²) in [6.07, 6.45) is 3.30. The van der Waals surface area contributed by atoms with Gasteiger partial charge in [-0.3, -0.25) is 0 Å². The molecular weight excluding hydrogens is 336 g/mol. The Hall–Kier alpha value is -2.14. The summed E-state index contributed by atoms with van der Waals surface area (Å²) in [5, 5.41) is 0. The molecule has 0 heterocycles. The van der Waals surface area contributed by atoms with E-state index in [9.17, 15) is 13.2 Å². The highest BCUT2D eigenvalue weighted by atomic mass is 32.2. The second-order valence-electron chi connectivity index (χ2n) is 6.64. The van der Waals surface area contributed by atoms with Gasteiger partial charge in [0.05, 0.1) is 10.6 Å². The number of carbonyl (C=O) groups is 1. The van der Waals surface area contributed by atoms with E-state index in [-0.39, 0.29) is 11.5 Å². The monoisotopic (exact) mass is 358 g/mol. The van der Waals surface area contributed by atoms with Gasteiger partial charge in [0, 0.05) is 6.42 Å². The van der Waals surface area contributed by atoms with Gasteiger partial charge in [0.2, 0.25) is 0 Å². The predicted octanol–water partition coefficient (Wildman–Crippen LogP) is 4.18. The van der Waals surface area contributed by atoms with Gasteiger partial charge in [-0.25, -0.2) is 8.42 Å². The largest absolute Gasteiger partial charge is 0.457 e. The quantitative estimate of drug-likeness (QED) is 0.710. The number of hydrogen-bond acceptors (Lipinski definition) is 4. The first-order valence-electron chi connectivity index (χ1n) is 8.51. The molecule has 5 heteroatoms. The highest BCUT2D eigenvalue weighted by Crippen LogP contribution is 2.32. The van der Waals surface area contributed by atoms with Crippen LogP contribution in [0.5, 0.6) is 11.5 Å². The summed E-state index contributed by atoms with van der Waals surface area (Å²) < 4.78 is 30.2. The van der Waals surface area contributed by atoms with Gasteiger partial charge >= 0.3 is 0 Å². The van der Waals surface area contributed by atoms with E-state index >= 15 is 0 Å². The van der Waals surface area contributed by atoms with E-state index in [1.807, 2.05) is 24.3 Å². The van der Waals surface area contributed by atoms with Crippen molar-refractivity contribution in [1.82, 2.24) is 0 Å². The first kappa shape index (κ1) is 17.7. The molecule has 0 aliphatic heterocycles. The minimum absolute atomic E-state index is 0.178. The highest BCUT2D eigenvalue weighted by molar-refractivity contribution is 7.91. The third kappa shape index (κ3) is 5.16. The second kappa shape index (κ2) is 7.40. The zero-order valence-corrected chi connectivity index (χ0v) is 15.1. The number of ketones is 1. The number of sulfone groups is 1. The van der Waals surface area contributed by atoms with Crippen LogP contribution >= 0.6 is 0 Å². The van der Waals surface area contributed by atoms with E-state index in [1.165, 1.54) is 0 Å². The Kier molecular flexibility index (Phi) is 5.23. The molecular formula is C20H22O4S. The third-order valence-electron chi connectivity index (χ3n) is 4.26. The van der Waals surface area contributed by atoms with Crippen molar-refractivity contribution in [3.63, 3.8) is 0 Å². The Balaban J connectivity index is 1.62. The van der Waals surface area contributed by atoms with Crippen LogP contribution in [0.3, 0.4) is 0 Å². The van der Waals surface area contributed by atoms with Crippen LogP contribution in [0.15, 0.2) is 53.4 Å². The van der Waals surface area contributed by atoms with Crippen LogP contribution in [-0.4, -0.2) is 20.0 Å². The average molecular weight is 358 g/mol. The molecule has 0 atom stereocenters. The first-order chi connectivity index (χ1) is 11.9. The molecule has 25 heavy (non-hydrogen) atoms. The van der Waals surface area contributed by atoms with Crippen molar-refractivity contribution in [2.75, 3.05) is 5.75 Å². The standard InChI is InChI=1S/C20H22O4S/c1-15(21)2-3-16-6-8-18(9-7-16)24-19-10-12-20(13-11-19)25(22,23)14-17-4-5-17/h6-13,17H,2-5,14H2,1H3. The molecule has 0 saturated heterocycles. The molecule has 0 unspecified atom stereocenters. The lowest BCUT2D eigenvalue weighted by Crippen LogP contribution is -2.08. The second-order valence-corrected chi connectivity index (χ2v) is 8.68. The van der Waals surface area contributed by atoms with Crippen LogP contribution in [0.25, 0.3) is 0 Å². The minimum Gasteiger partial charge on any atom is -0.457 e. The molecule has 1 aliphatic rings. The Morgan fingerprint density at radius 1 is 1.00 bits per heavy atom. The zero-order valence-electron chi connectivity index (χ0n) is 14.3. The lowest BCUT2D eigenvalue weighted by molar-refractivity contribution is -0.116. The lowest BCUT2D eigenvalue weighted by atomic mass is 10.1. The molecule has 1 fully saturated rings. The van der Waals surface area contributed by atoms with Crippen molar-refractivity contribution in [2.24, 2.45) is 5.92 Å². The SMILES string of the molecule is CC(=O)CCc1ccc(Oc2ccc(S(=O)(=O)CC3CC3)cc2)cc1. The lowest BCUT2D eigenvalue weighted by Gasteiger charge is -2.08. The predicted molar refractivity (Wildman–Crippen MR) is 96.7 cm³/mol. The molecule has 0 bridgehead atoms. The smallest absolute Gasteiger partial charge is 0.178 e. The van der Waals surface area contributed by atoms with Crippen LogP contribution in [0.4, 0.5) is 0 Å². The van der Waals surface area contributed by atoms with Gasteiger partial charge in [0.1, 0.15) is 17.3 Å². The van der Waals surface area contributed by atoms with Gasteiger partial charge in [-0.1, -0.05) is 12.1 Å². The molecule has 2 aromatic rings. The highest BCUT2D eigenvalue weighted by Gasteiger charge is 2.28. The molecule has 3 rings (SSSR count). The Bertz CT molecular complexity index is 832. The number of ether oxygens (including phenoxy) is 1. The van der Waals surface area contributed by atoms with Crippen molar-refractivity contribution in [3.05, 3.63) is 54.1 Å². The Labute approximate surface area is 148 Å². The molecule has 0 amide bonds. The molecule has 0 radical (unpaired) electrons. The average Bonchev–Trinajstić information content (AvgIpc) is 3.38. The zero-order chi connectivity index (χ0) is 17.9. The van der Waals surface area contributed by atoms with E-state index in [1.54, 1.807) is 31.2 Å². The third-order valence-corrected chi connectivity index (χ3v) is 6.16. The number of carbonyl (C=O) groups excluding carboxylic acids is 1. The summed E-state index contributed by atoms with van der Waals surface area (Å²) >= 11 is 0. The van der Waals surface area contributed by atoms with E-state index in [4.69, 9.17) is 4.74 Å². The minimum atomic E-state index is -3.19. The van der Waals surface area contributed by atoms with Crippen LogP contribution in [0.2, 0.25) is 0 Å². The first-order valence-corrected chi connectivity index (χ1v) is 10.2. The molecule has 0 spiro atoms. The summed E-state index contributed by atoms with van der Waals surface area (Å²) in [6, 6.07) is 14.2. The fraction of sp³-hybridized carbons (Fsp3) is 0.350. The van der Waals surface area contributed by atoms with E-state index in [2.05, 4.69) is 0 Å². The van der Waals surface area contributed by atoms with Crippen molar-refractivity contribution in [1.29, 1.82) is 0 Å². The van der Waals surface area contributed by atoms with Crippen molar-refractivity contribution >= 4 is 15.6 Å². The van der Waals surface area contributed by atoms with E-state index in [0.29, 0.717) is 28.7 Å². The molecule has 1 saturated carbocycles. The van der Waals surface area contributed by atoms with Crippen LogP contribution < -0.4 is 4.74 Å². The summed E-state index contributed by atoms with van der Waals surface area (Å²) in [4.78, 5) is 11.4. The van der Waals surface area contributed by atoms with Gasteiger partial charge in [-0.15, -0.1) is 0 Å². The Morgan fingerprint density at radius 2 is 1.56 bits per heavy atom.